The maximum Gasteiger partial charge on any atom is 2.00 e. The predicted molar refractivity (Wildman–Crippen MR) is 443 cm³/mol. The van der Waals surface area contributed by atoms with Gasteiger partial charge in [0.2, 0.25) is 0 Å². The number of carboxylic acid groups (broad SMARTS) is 2. The molecule has 0 heterocycles. The topological polar surface area (TPSA) is 186 Å². The molecule has 0 atom stereocenters. The average molecular weight is 1500 g/mol. The van der Waals surface area contributed by atoms with Crippen molar-refractivity contribution in [1.82, 2.24) is 0 Å². The Balaban J connectivity index is 0.00000168. The largest absolute Gasteiger partial charge is 2.00 e. The summed E-state index contributed by atoms with van der Waals surface area (Å²) >= 11 is 0. The van der Waals surface area contributed by atoms with Crippen LogP contribution in [0.2, 0.25) is 0 Å². The summed E-state index contributed by atoms with van der Waals surface area (Å²) in [5.41, 5.74) is 7.65. The first kappa shape index (κ1) is 97.6. The van der Waals surface area contributed by atoms with Crippen LogP contribution < -0.4 is 10.2 Å². The number of hydrogen-bond acceptors (Lipinski definition) is 8. The van der Waals surface area contributed by atoms with Gasteiger partial charge in [0, 0.05) is 0 Å². The van der Waals surface area contributed by atoms with Crippen molar-refractivity contribution in [3.63, 3.8) is 0 Å². The van der Waals surface area contributed by atoms with E-state index in [2.05, 4.69) is 88.4 Å². The second-order valence-corrected chi connectivity index (χ2v) is 29.9. The second-order valence-electron chi connectivity index (χ2n) is 29.9. The van der Waals surface area contributed by atoms with Crippen molar-refractivity contribution in [2.24, 2.45) is 9.98 Å². The summed E-state index contributed by atoms with van der Waals surface area (Å²) < 4.78 is 0. The van der Waals surface area contributed by atoms with Crippen LogP contribution >= 0.6 is 0 Å². The third kappa shape index (κ3) is 50.0. The Morgan fingerprint density at radius 1 is 0.333 bits per heavy atom. The molecule has 10 nitrogen and oxygen atoms in total. The Hall–Kier alpha value is -5.41. The van der Waals surface area contributed by atoms with Gasteiger partial charge in [0.15, 0.2) is 0 Å². The van der Waals surface area contributed by atoms with E-state index in [0.717, 1.165) is 49.9 Å². The first-order valence-corrected chi connectivity index (χ1v) is 43.3. The molecule has 0 fully saturated rings. The summed E-state index contributed by atoms with van der Waals surface area (Å²) in [5.74, 6) is -5.25. The van der Waals surface area contributed by atoms with Crippen LogP contribution in [-0.4, -0.2) is 43.8 Å². The number of nitrogens with zero attached hydrogens (tertiary/aromatic N) is 2. The Bertz CT molecular complexity index is 2760. The maximum atomic E-state index is 11.2. The molecule has 4 rings (SSSR count). The van der Waals surface area contributed by atoms with Gasteiger partial charge in [0.1, 0.15) is 11.5 Å². The van der Waals surface area contributed by atoms with Gasteiger partial charge < -0.3 is 30.6 Å². The molecule has 0 aromatic heterocycles. The molecule has 0 aliphatic carbocycles. The minimum atomic E-state index is -1.29. The standard InChI is InChI=1S/C76H134N2.2C9H10O4.Ni/c1-5-9-13-15-17-19-21-23-25-27-29-31-33-35-37-39-41-43-45-47-49-51-53-55-57-61-71-67-69-73(70-68-71)77-75(64-11-7-3)76(65-12-8-4)78-74-66-60-59-63-72(74)62-58-56-54-52-50-48-46-44-42-40-38-36-34-32-30-28-26-24-22-20-18-16-14-10-6-2;2*1-2-5-3-4-6(10)8(11)7(5)9(12)13;/h54,56,59-60,63,66-70H,5-53,55,57-58,61-62,64-65H2,1-4H3;2*3-4,10-11H,2H2,1H3,(H,12,13);/q;;;+2/p-2. The number of para-hydroxylation sites is 1. The third-order valence-electron chi connectivity index (χ3n) is 20.7. The van der Waals surface area contributed by atoms with Gasteiger partial charge in [0.25, 0.3) is 0 Å². The molecule has 4 aromatic carbocycles. The van der Waals surface area contributed by atoms with Crippen molar-refractivity contribution >= 4 is 34.7 Å². The number of unbranched alkanes of at least 4 members (excludes halogenated alkanes) is 47. The molecule has 105 heavy (non-hydrogen) atoms. The average Bonchev–Trinajstić information content (AvgIpc) is 0.839. The SMILES string of the molecule is CCCCCCCCCCCCCCCCCCCCCCCC=CCCc1ccccc1N=C(CCCC)C(CCCC)=Nc1ccc(CCCCCCCCCCCCCCCCCCCCCCCCCCC)cc1.CCc1ccc(O)c([O-])c1C(=O)O.CCc1ccc(O)c([O-])c1C(=O)O.[Ni+2]. The van der Waals surface area contributed by atoms with E-state index in [1.807, 2.05) is 0 Å². The van der Waals surface area contributed by atoms with E-state index in [1.54, 1.807) is 13.8 Å². The van der Waals surface area contributed by atoms with Crippen LogP contribution in [0.15, 0.2) is 94.9 Å². The van der Waals surface area contributed by atoms with Gasteiger partial charge >= 0.3 is 28.4 Å². The van der Waals surface area contributed by atoms with Crippen molar-refractivity contribution in [3.05, 3.63) is 118 Å². The summed E-state index contributed by atoms with van der Waals surface area (Å²) in [4.78, 5) is 32.1. The fraction of sp³-hybridized carbons (Fsp3) is 0.681. The molecule has 0 unspecified atom stereocenters. The number of benzene rings is 4. The number of aryl methyl sites for hydroxylation is 4. The number of phenols is 2. The zero-order valence-corrected chi connectivity index (χ0v) is 68.7. The molecule has 11 heteroatoms. The number of allylic oxidation sites excluding steroid dienone is 2. The van der Waals surface area contributed by atoms with Gasteiger partial charge in [-0.1, -0.05) is 403 Å². The van der Waals surface area contributed by atoms with Gasteiger partial charge in [-0.15, -0.1) is 0 Å². The number of aliphatic imine (C=N–C) groups is 2. The van der Waals surface area contributed by atoms with Gasteiger partial charge in [-0.3, -0.25) is 9.98 Å². The Kier molecular flexibility index (Phi) is 64.2. The van der Waals surface area contributed by atoms with Crippen LogP contribution in [0.1, 0.15) is 431 Å². The van der Waals surface area contributed by atoms with Crippen LogP contribution in [0.5, 0.6) is 23.0 Å². The quantitative estimate of drug-likeness (QED) is 0.0146. The van der Waals surface area contributed by atoms with E-state index in [4.69, 9.17) is 30.4 Å². The van der Waals surface area contributed by atoms with E-state index in [9.17, 15) is 19.8 Å². The number of hydrogen-bond donors (Lipinski definition) is 4. The molecule has 0 amide bonds. The molecule has 596 valence electrons. The fourth-order valence-electron chi connectivity index (χ4n) is 14.0. The smallest absolute Gasteiger partial charge is 0.869 e. The van der Waals surface area contributed by atoms with Crippen LogP contribution in [0.4, 0.5) is 11.4 Å². The molecule has 0 saturated carbocycles. The molecule has 0 aliphatic rings. The van der Waals surface area contributed by atoms with E-state index < -0.39 is 34.9 Å². The summed E-state index contributed by atoms with van der Waals surface area (Å²) in [6.07, 6.45) is 83.3. The first-order chi connectivity index (χ1) is 50.9. The number of rotatable bonds is 64. The first-order valence-electron chi connectivity index (χ1n) is 43.3. The van der Waals surface area contributed by atoms with Crippen molar-refractivity contribution in [2.75, 3.05) is 0 Å². The molecular weight excluding hydrogens is 1340 g/mol. The van der Waals surface area contributed by atoms with E-state index >= 15 is 0 Å². The fourth-order valence-corrected chi connectivity index (χ4v) is 14.0. The van der Waals surface area contributed by atoms with Crippen molar-refractivity contribution in [3.8, 4) is 23.0 Å². The molecule has 0 saturated heterocycles. The Morgan fingerprint density at radius 2 is 0.638 bits per heavy atom. The zero-order chi connectivity index (χ0) is 75.6. The number of carboxylic acids is 2. The van der Waals surface area contributed by atoms with Crippen LogP contribution in [0.25, 0.3) is 0 Å². The summed E-state index contributed by atoms with van der Waals surface area (Å²) in [6.45, 7) is 12.7. The van der Waals surface area contributed by atoms with Gasteiger partial charge in [-0.25, -0.2) is 9.59 Å². The summed E-state index contributed by atoms with van der Waals surface area (Å²) in [7, 11) is 0. The zero-order valence-electron chi connectivity index (χ0n) is 67.7. The van der Waals surface area contributed by atoms with Crippen LogP contribution in [0, 0.1) is 0 Å². The van der Waals surface area contributed by atoms with Gasteiger partial charge in [0.05, 0.1) is 33.9 Å². The number of carbonyl (C=O) groups is 2. The minimum Gasteiger partial charge on any atom is -0.869 e. The Morgan fingerprint density at radius 3 is 0.971 bits per heavy atom. The molecule has 4 aromatic rings. The van der Waals surface area contributed by atoms with Crippen molar-refractivity contribution in [2.45, 2.75) is 414 Å². The molecule has 0 spiro atoms. The third-order valence-corrected chi connectivity index (χ3v) is 20.7. The molecule has 0 aliphatic heterocycles. The van der Waals surface area contributed by atoms with Gasteiger partial charge in [-0.2, -0.15) is 0 Å². The Labute approximate surface area is 652 Å². The van der Waals surface area contributed by atoms with Crippen molar-refractivity contribution in [1.29, 1.82) is 0 Å². The van der Waals surface area contributed by atoms with Gasteiger partial charge in [-0.05, 0) is 130 Å². The summed E-state index contributed by atoms with van der Waals surface area (Å²) in [6, 6.07) is 23.4. The molecule has 0 bridgehead atoms. The van der Waals surface area contributed by atoms with Crippen molar-refractivity contribution < 1.29 is 56.7 Å². The predicted octanol–water partition coefficient (Wildman–Crippen LogP) is 28.8. The molecule has 4 N–H and O–H groups in total. The molecule has 0 radical (unpaired) electrons. The van der Waals surface area contributed by atoms with Crippen LogP contribution in [-0.2, 0) is 42.2 Å². The molecular formula is C94H152N2NiO8. The van der Waals surface area contributed by atoms with E-state index in [1.165, 1.54) is 368 Å². The monoisotopic (exact) mass is 1500 g/mol. The number of aromatic hydroxyl groups is 2. The second kappa shape index (κ2) is 69.1. The number of phenolic OH excluding ortho intramolecular Hbond substituents is 2. The summed E-state index contributed by atoms with van der Waals surface area (Å²) in [5, 5.41) is 57.7. The minimum absolute atomic E-state index is 0. The van der Waals surface area contributed by atoms with E-state index in [0.29, 0.717) is 24.0 Å². The number of aromatic carboxylic acids is 2. The van der Waals surface area contributed by atoms with Crippen LogP contribution in [0.3, 0.4) is 0 Å². The maximum absolute atomic E-state index is 11.2. The normalized spacial score (nSPS) is 11.6. The van der Waals surface area contributed by atoms with E-state index in [-0.39, 0.29) is 27.6 Å².